The van der Waals surface area contributed by atoms with Gasteiger partial charge in [0.15, 0.2) is 0 Å². The Morgan fingerprint density at radius 1 is 0.947 bits per heavy atom. The molecule has 9 nitrogen and oxygen atoms in total. The van der Waals surface area contributed by atoms with Crippen molar-refractivity contribution in [3.05, 3.63) is 73.1 Å². The van der Waals surface area contributed by atoms with E-state index < -0.39 is 0 Å². The van der Waals surface area contributed by atoms with Crippen LogP contribution in [0, 0.1) is 5.82 Å². The van der Waals surface area contributed by atoms with E-state index in [9.17, 15) is 9.50 Å². The first kappa shape index (κ1) is 23.6. The Hall–Kier alpha value is -4.83. The van der Waals surface area contributed by atoms with Crippen molar-refractivity contribution < 1.29 is 14.2 Å². The van der Waals surface area contributed by atoms with Gasteiger partial charge in [-0.2, -0.15) is 5.10 Å². The Morgan fingerprint density at radius 3 is 2.66 bits per heavy atom. The SMILES string of the molecule is CN(C)CCOc1cc(F)cc(-c2cncc3[nH]c(-c4n[nH]c5ccc(-c6cncc(O)c6)nc45)cc23)c1. The third-order valence-corrected chi connectivity index (χ3v) is 6.22. The smallest absolute Gasteiger partial charge is 0.135 e. The highest BCUT2D eigenvalue weighted by atomic mass is 19.1. The second kappa shape index (κ2) is 9.56. The topological polar surface area (TPSA) is 116 Å². The van der Waals surface area contributed by atoms with Crippen LogP contribution in [0.1, 0.15) is 0 Å². The third kappa shape index (κ3) is 4.53. The van der Waals surface area contributed by atoms with E-state index in [0.717, 1.165) is 34.2 Å². The number of ether oxygens (including phenoxy) is 1. The number of pyridine rings is 3. The Bertz CT molecular complexity index is 1780. The highest BCUT2D eigenvalue weighted by Gasteiger charge is 2.16. The Balaban J connectivity index is 1.40. The van der Waals surface area contributed by atoms with E-state index in [1.807, 2.05) is 43.3 Å². The normalized spacial score (nSPS) is 11.6. The van der Waals surface area contributed by atoms with E-state index in [1.165, 1.54) is 18.3 Å². The van der Waals surface area contributed by atoms with Crippen molar-refractivity contribution in [3.63, 3.8) is 0 Å². The molecule has 38 heavy (non-hydrogen) atoms. The van der Waals surface area contributed by atoms with E-state index in [4.69, 9.17) is 9.72 Å². The summed E-state index contributed by atoms with van der Waals surface area (Å²) in [6.45, 7) is 1.17. The Morgan fingerprint density at radius 2 is 1.82 bits per heavy atom. The summed E-state index contributed by atoms with van der Waals surface area (Å²) in [4.78, 5) is 18.6. The highest BCUT2D eigenvalue weighted by Crippen LogP contribution is 2.35. The molecule has 0 bridgehead atoms. The molecule has 3 N–H and O–H groups in total. The summed E-state index contributed by atoms with van der Waals surface area (Å²) in [6, 6.07) is 12.0. The maximum Gasteiger partial charge on any atom is 0.135 e. The van der Waals surface area contributed by atoms with Gasteiger partial charge in [-0.3, -0.25) is 15.1 Å². The molecule has 0 saturated heterocycles. The summed E-state index contributed by atoms with van der Waals surface area (Å²) in [5, 5.41) is 18.2. The highest BCUT2D eigenvalue weighted by molar-refractivity contribution is 6.00. The molecule has 0 aliphatic heterocycles. The van der Waals surface area contributed by atoms with Gasteiger partial charge in [0.05, 0.1) is 34.8 Å². The van der Waals surface area contributed by atoms with Crippen LogP contribution in [0.25, 0.3) is 55.7 Å². The average molecular weight is 510 g/mol. The van der Waals surface area contributed by atoms with Gasteiger partial charge >= 0.3 is 0 Å². The van der Waals surface area contributed by atoms with Gasteiger partial charge in [0.25, 0.3) is 0 Å². The quantitative estimate of drug-likeness (QED) is 0.277. The number of nitrogens with zero attached hydrogens (tertiary/aromatic N) is 5. The fourth-order valence-corrected chi connectivity index (χ4v) is 4.37. The van der Waals surface area contributed by atoms with Crippen molar-refractivity contribution in [3.8, 4) is 45.3 Å². The fourth-order valence-electron chi connectivity index (χ4n) is 4.37. The van der Waals surface area contributed by atoms with E-state index in [1.54, 1.807) is 24.7 Å². The van der Waals surface area contributed by atoms with Gasteiger partial charge in [-0.1, -0.05) is 0 Å². The zero-order chi connectivity index (χ0) is 26.2. The van der Waals surface area contributed by atoms with Gasteiger partial charge < -0.3 is 19.7 Å². The van der Waals surface area contributed by atoms with Gasteiger partial charge in [0.1, 0.15) is 35.1 Å². The summed E-state index contributed by atoms with van der Waals surface area (Å²) in [7, 11) is 3.91. The van der Waals surface area contributed by atoms with Crippen LogP contribution in [-0.4, -0.2) is 67.4 Å². The molecule has 0 unspecified atom stereocenters. The predicted octanol–water partition coefficient (Wildman–Crippen LogP) is 5.02. The van der Waals surface area contributed by atoms with Crippen molar-refractivity contribution in [2.24, 2.45) is 0 Å². The molecule has 0 aliphatic rings. The van der Waals surface area contributed by atoms with Gasteiger partial charge in [-0.05, 0) is 56.1 Å². The second-order valence-corrected chi connectivity index (χ2v) is 9.26. The lowest BCUT2D eigenvalue weighted by atomic mass is 10.0. The monoisotopic (exact) mass is 509 g/mol. The molecule has 0 amide bonds. The molecular formula is C28H24FN7O2. The molecule has 0 spiro atoms. The fraction of sp³-hybridized carbons (Fsp3) is 0.143. The van der Waals surface area contributed by atoms with Gasteiger partial charge in [-0.25, -0.2) is 9.37 Å². The van der Waals surface area contributed by atoms with Crippen molar-refractivity contribution in [2.75, 3.05) is 27.2 Å². The van der Waals surface area contributed by atoms with Crippen molar-refractivity contribution >= 4 is 21.9 Å². The van der Waals surface area contributed by atoms with Crippen molar-refractivity contribution in [1.29, 1.82) is 0 Å². The number of aromatic amines is 2. The van der Waals surface area contributed by atoms with Crippen LogP contribution in [0.5, 0.6) is 11.5 Å². The molecule has 1 aromatic carbocycles. The number of likely N-dealkylation sites (N-methyl/N-ethyl adjacent to an activating group) is 1. The molecule has 0 aliphatic carbocycles. The predicted molar refractivity (Wildman–Crippen MR) is 143 cm³/mol. The first-order chi connectivity index (χ1) is 18.4. The number of hydrogen-bond donors (Lipinski definition) is 3. The third-order valence-electron chi connectivity index (χ3n) is 6.22. The van der Waals surface area contributed by atoms with Crippen LogP contribution < -0.4 is 4.74 Å². The molecule has 6 rings (SSSR count). The molecule has 190 valence electrons. The van der Waals surface area contributed by atoms with Crippen LogP contribution in [0.15, 0.2) is 67.3 Å². The number of hydrogen-bond acceptors (Lipinski definition) is 7. The summed E-state index contributed by atoms with van der Waals surface area (Å²) in [6.07, 6.45) is 6.46. The zero-order valence-corrected chi connectivity index (χ0v) is 20.7. The molecule has 0 fully saturated rings. The lowest BCUT2D eigenvalue weighted by molar-refractivity contribution is 0.260. The standard InChI is InChI=1S/C28H24FN7O2/c1-36(2)5-6-38-20-9-16(7-18(29)10-20)22-14-31-15-26-21(22)11-25(32-26)28-27-24(34-35-28)4-3-23(33-27)17-8-19(37)13-30-12-17/h3-4,7-15,32,37H,5-6H2,1-2H3,(H,34,35). The maximum atomic E-state index is 14.5. The maximum absolute atomic E-state index is 14.5. The van der Waals surface area contributed by atoms with Gasteiger partial charge in [0.2, 0.25) is 0 Å². The van der Waals surface area contributed by atoms with E-state index >= 15 is 0 Å². The average Bonchev–Trinajstić information content (AvgIpc) is 3.51. The minimum absolute atomic E-state index is 0.0658. The number of rotatable bonds is 7. The number of fused-ring (bicyclic) bond motifs is 2. The van der Waals surface area contributed by atoms with Gasteiger partial charge in [0, 0.05) is 41.5 Å². The number of nitrogens with one attached hydrogen (secondary N) is 2. The Kier molecular flexibility index (Phi) is 5.93. The lowest BCUT2D eigenvalue weighted by Gasteiger charge is -2.12. The molecule has 0 radical (unpaired) electrons. The molecule has 5 heterocycles. The number of aromatic nitrogens is 6. The minimum Gasteiger partial charge on any atom is -0.506 e. The second-order valence-electron chi connectivity index (χ2n) is 9.26. The van der Waals surface area contributed by atoms with Crippen LogP contribution in [-0.2, 0) is 0 Å². The number of benzene rings is 1. The molecular weight excluding hydrogens is 485 g/mol. The first-order valence-electron chi connectivity index (χ1n) is 12.0. The summed E-state index contributed by atoms with van der Waals surface area (Å²) in [5.74, 6) is 0.147. The van der Waals surface area contributed by atoms with Gasteiger partial charge in [-0.15, -0.1) is 0 Å². The van der Waals surface area contributed by atoms with Crippen molar-refractivity contribution in [2.45, 2.75) is 0 Å². The lowest BCUT2D eigenvalue weighted by Crippen LogP contribution is -2.19. The number of H-pyrrole nitrogens is 2. The number of aromatic hydroxyl groups is 1. The van der Waals surface area contributed by atoms with Crippen LogP contribution in [0.3, 0.4) is 0 Å². The van der Waals surface area contributed by atoms with Crippen LogP contribution >= 0.6 is 0 Å². The molecule has 5 aromatic heterocycles. The van der Waals surface area contributed by atoms with Crippen LogP contribution in [0.4, 0.5) is 4.39 Å². The largest absolute Gasteiger partial charge is 0.506 e. The summed E-state index contributed by atoms with van der Waals surface area (Å²) < 4.78 is 20.3. The first-order valence-corrected chi connectivity index (χ1v) is 12.0. The minimum atomic E-state index is -0.383. The van der Waals surface area contributed by atoms with E-state index in [2.05, 4.69) is 25.1 Å². The summed E-state index contributed by atoms with van der Waals surface area (Å²) >= 11 is 0. The van der Waals surface area contributed by atoms with Crippen LogP contribution in [0.2, 0.25) is 0 Å². The summed E-state index contributed by atoms with van der Waals surface area (Å²) in [5.41, 5.74) is 6.34. The molecule has 0 atom stereocenters. The molecule has 6 aromatic rings. The Labute approximate surface area is 217 Å². The van der Waals surface area contributed by atoms with Crippen molar-refractivity contribution in [1.82, 2.24) is 35.0 Å². The molecule has 10 heteroatoms. The van der Waals surface area contributed by atoms with E-state index in [0.29, 0.717) is 40.4 Å². The molecule has 0 saturated carbocycles. The zero-order valence-electron chi connectivity index (χ0n) is 20.7. The van der Waals surface area contributed by atoms with E-state index in [-0.39, 0.29) is 11.6 Å². The number of halogens is 1.